The molecule has 0 aromatic heterocycles. The molecular weight excluding hydrogens is 370 g/mol. The quantitative estimate of drug-likeness (QED) is 0.790. The molecule has 0 radical (unpaired) electrons. The maximum Gasteiger partial charge on any atom is 0.243 e. The lowest BCUT2D eigenvalue weighted by molar-refractivity contribution is 0.385. The Bertz CT molecular complexity index is 868. The zero-order valence-corrected chi connectivity index (χ0v) is 17.3. The highest BCUT2D eigenvalue weighted by atomic mass is 32.2. The molecule has 0 atom stereocenters. The van der Waals surface area contributed by atoms with E-state index in [-0.39, 0.29) is 0 Å². The van der Waals surface area contributed by atoms with Crippen molar-refractivity contribution in [1.82, 2.24) is 4.31 Å². The fourth-order valence-corrected chi connectivity index (χ4v) is 5.51. The number of piperazine rings is 1. The highest BCUT2D eigenvalue weighted by molar-refractivity contribution is 7.89. The van der Waals surface area contributed by atoms with Gasteiger partial charge in [-0.1, -0.05) is 25.1 Å². The van der Waals surface area contributed by atoms with Crippen molar-refractivity contribution in [3.05, 3.63) is 54.6 Å². The predicted molar refractivity (Wildman–Crippen MR) is 114 cm³/mol. The average Bonchev–Trinajstić information content (AvgIpc) is 2.75. The largest absolute Gasteiger partial charge is 0.372 e. The van der Waals surface area contributed by atoms with Crippen LogP contribution in [0.1, 0.15) is 19.8 Å². The van der Waals surface area contributed by atoms with E-state index in [4.69, 9.17) is 0 Å². The van der Waals surface area contributed by atoms with Gasteiger partial charge in [-0.25, -0.2) is 8.42 Å². The van der Waals surface area contributed by atoms with Gasteiger partial charge in [0.2, 0.25) is 10.0 Å². The Morgan fingerprint density at radius 1 is 0.714 bits per heavy atom. The van der Waals surface area contributed by atoms with E-state index in [0.29, 0.717) is 31.1 Å². The number of rotatable bonds is 4. The van der Waals surface area contributed by atoms with Gasteiger partial charge >= 0.3 is 0 Å². The van der Waals surface area contributed by atoms with Crippen LogP contribution in [0.15, 0.2) is 59.5 Å². The van der Waals surface area contributed by atoms with E-state index in [1.54, 1.807) is 28.6 Å². The molecule has 0 unspecified atom stereocenters. The number of piperidine rings is 1. The predicted octanol–water partition coefficient (Wildman–Crippen LogP) is 3.43. The molecule has 2 aromatic carbocycles. The van der Waals surface area contributed by atoms with E-state index >= 15 is 0 Å². The van der Waals surface area contributed by atoms with Gasteiger partial charge in [-0.15, -0.1) is 0 Å². The van der Waals surface area contributed by atoms with Gasteiger partial charge in [0, 0.05) is 50.6 Å². The van der Waals surface area contributed by atoms with Gasteiger partial charge in [-0.2, -0.15) is 4.31 Å². The molecule has 0 N–H and O–H groups in total. The molecule has 5 nitrogen and oxygen atoms in total. The van der Waals surface area contributed by atoms with E-state index in [1.165, 1.54) is 24.2 Å². The summed E-state index contributed by atoms with van der Waals surface area (Å²) in [6.07, 6.45) is 2.53. The molecule has 28 heavy (non-hydrogen) atoms. The van der Waals surface area contributed by atoms with Crippen LogP contribution in [-0.4, -0.2) is 52.0 Å². The fourth-order valence-electron chi connectivity index (χ4n) is 4.07. The van der Waals surface area contributed by atoms with Crippen LogP contribution in [0.25, 0.3) is 0 Å². The standard InChI is InChI=1S/C22H29N3O2S/c1-19-11-13-23(14-12-19)20-7-9-21(10-8-20)24-15-17-25(18-16-24)28(26,27)22-5-3-2-4-6-22/h2-10,19H,11-18H2,1H3. The Hall–Kier alpha value is -2.05. The first-order valence-corrected chi connectivity index (χ1v) is 11.6. The number of hydrogen-bond acceptors (Lipinski definition) is 4. The summed E-state index contributed by atoms with van der Waals surface area (Å²) in [5, 5.41) is 0. The second-order valence-corrected chi connectivity index (χ2v) is 9.83. The summed E-state index contributed by atoms with van der Waals surface area (Å²) in [5.41, 5.74) is 2.46. The van der Waals surface area contributed by atoms with Crippen molar-refractivity contribution >= 4 is 21.4 Å². The molecule has 2 aliphatic heterocycles. The van der Waals surface area contributed by atoms with Crippen molar-refractivity contribution in [2.24, 2.45) is 5.92 Å². The third-order valence-corrected chi connectivity index (χ3v) is 7.90. The normalized spacial score (nSPS) is 19.8. The minimum Gasteiger partial charge on any atom is -0.372 e. The molecule has 2 aliphatic rings. The molecule has 2 heterocycles. The average molecular weight is 400 g/mol. The molecule has 0 amide bonds. The van der Waals surface area contributed by atoms with Crippen LogP contribution in [0, 0.1) is 5.92 Å². The van der Waals surface area contributed by atoms with Crippen molar-refractivity contribution in [1.29, 1.82) is 0 Å². The van der Waals surface area contributed by atoms with Crippen LogP contribution in [0.5, 0.6) is 0 Å². The zero-order valence-electron chi connectivity index (χ0n) is 16.5. The molecule has 0 bridgehead atoms. The summed E-state index contributed by atoms with van der Waals surface area (Å²) in [4.78, 5) is 5.12. The van der Waals surface area contributed by atoms with Gasteiger partial charge in [0.25, 0.3) is 0 Å². The van der Waals surface area contributed by atoms with E-state index in [1.807, 2.05) is 6.07 Å². The molecule has 4 rings (SSSR count). The molecule has 2 aromatic rings. The number of anilines is 2. The minimum absolute atomic E-state index is 0.378. The molecular formula is C22H29N3O2S. The third-order valence-electron chi connectivity index (χ3n) is 5.98. The summed E-state index contributed by atoms with van der Waals surface area (Å²) >= 11 is 0. The summed E-state index contributed by atoms with van der Waals surface area (Å²) in [7, 11) is -3.39. The molecule has 0 aliphatic carbocycles. The van der Waals surface area contributed by atoms with Crippen LogP contribution < -0.4 is 9.80 Å². The first-order valence-electron chi connectivity index (χ1n) is 10.2. The molecule has 2 fully saturated rings. The molecule has 0 spiro atoms. The molecule has 0 saturated carbocycles. The lowest BCUT2D eigenvalue weighted by Gasteiger charge is -2.36. The van der Waals surface area contributed by atoms with E-state index < -0.39 is 10.0 Å². The molecule has 150 valence electrons. The van der Waals surface area contributed by atoms with Crippen molar-refractivity contribution in [3.63, 3.8) is 0 Å². The Kier molecular flexibility index (Phi) is 5.60. The lowest BCUT2D eigenvalue weighted by Crippen LogP contribution is -2.48. The van der Waals surface area contributed by atoms with Crippen molar-refractivity contribution < 1.29 is 8.42 Å². The number of sulfonamides is 1. The van der Waals surface area contributed by atoms with Gasteiger partial charge in [0.1, 0.15) is 0 Å². The Balaban J connectivity index is 1.37. The number of hydrogen-bond donors (Lipinski definition) is 0. The maximum atomic E-state index is 12.8. The smallest absolute Gasteiger partial charge is 0.243 e. The number of nitrogens with zero attached hydrogens (tertiary/aromatic N) is 3. The summed E-state index contributed by atoms with van der Waals surface area (Å²) in [6.45, 7) is 7.07. The Labute approximate surface area is 168 Å². The third kappa shape index (κ3) is 4.03. The van der Waals surface area contributed by atoms with E-state index in [9.17, 15) is 8.42 Å². The Morgan fingerprint density at radius 3 is 1.75 bits per heavy atom. The maximum absolute atomic E-state index is 12.8. The van der Waals surface area contributed by atoms with E-state index in [0.717, 1.165) is 19.0 Å². The van der Waals surface area contributed by atoms with Gasteiger partial charge < -0.3 is 9.80 Å². The first kappa shape index (κ1) is 19.3. The highest BCUT2D eigenvalue weighted by Crippen LogP contribution is 2.26. The highest BCUT2D eigenvalue weighted by Gasteiger charge is 2.28. The fraction of sp³-hybridized carbons (Fsp3) is 0.455. The van der Waals surface area contributed by atoms with Crippen molar-refractivity contribution in [2.75, 3.05) is 49.1 Å². The SMILES string of the molecule is CC1CCN(c2ccc(N3CCN(S(=O)(=O)c4ccccc4)CC3)cc2)CC1. The minimum atomic E-state index is -3.39. The topological polar surface area (TPSA) is 43.9 Å². The number of benzene rings is 2. The summed E-state index contributed by atoms with van der Waals surface area (Å²) in [6, 6.07) is 17.5. The first-order chi connectivity index (χ1) is 13.5. The monoisotopic (exact) mass is 399 g/mol. The van der Waals surface area contributed by atoms with Crippen LogP contribution in [0.3, 0.4) is 0 Å². The van der Waals surface area contributed by atoms with E-state index in [2.05, 4.69) is 41.0 Å². The van der Waals surface area contributed by atoms with Crippen molar-refractivity contribution in [3.8, 4) is 0 Å². The van der Waals surface area contributed by atoms with Gasteiger partial charge in [0.05, 0.1) is 4.90 Å². The van der Waals surface area contributed by atoms with Crippen LogP contribution in [0.4, 0.5) is 11.4 Å². The second-order valence-electron chi connectivity index (χ2n) is 7.89. The Morgan fingerprint density at radius 2 is 1.21 bits per heavy atom. The van der Waals surface area contributed by atoms with Crippen molar-refractivity contribution in [2.45, 2.75) is 24.7 Å². The van der Waals surface area contributed by atoms with Crippen LogP contribution >= 0.6 is 0 Å². The lowest BCUT2D eigenvalue weighted by atomic mass is 9.99. The van der Waals surface area contributed by atoms with Crippen LogP contribution in [0.2, 0.25) is 0 Å². The van der Waals surface area contributed by atoms with Crippen LogP contribution in [-0.2, 0) is 10.0 Å². The van der Waals surface area contributed by atoms with Gasteiger partial charge in [-0.05, 0) is 55.2 Å². The molecule has 2 saturated heterocycles. The summed E-state index contributed by atoms with van der Waals surface area (Å²) in [5.74, 6) is 0.832. The van der Waals surface area contributed by atoms with Gasteiger partial charge in [-0.3, -0.25) is 0 Å². The second kappa shape index (κ2) is 8.13. The van der Waals surface area contributed by atoms with Gasteiger partial charge in [0.15, 0.2) is 0 Å². The molecule has 6 heteroatoms. The zero-order chi connectivity index (χ0) is 19.6. The summed E-state index contributed by atoms with van der Waals surface area (Å²) < 4.78 is 27.1.